The highest BCUT2D eigenvalue weighted by Crippen LogP contribution is 1.94. The lowest BCUT2D eigenvalue weighted by molar-refractivity contribution is 1.57. The predicted molar refractivity (Wildman–Crippen MR) is 25.7 cm³/mol. The van der Waals surface area contributed by atoms with Gasteiger partial charge in [-0.2, -0.15) is 5.26 Å². The highest BCUT2D eigenvalue weighted by Gasteiger charge is 1.67. The number of hydrogen-bond acceptors (Lipinski definition) is 2. The summed E-state index contributed by atoms with van der Waals surface area (Å²) in [6.45, 7) is 0. The average molecular weight is 104 g/mol. The van der Waals surface area contributed by atoms with Gasteiger partial charge in [0.05, 0.1) is 5.08 Å². The molecule has 0 saturated carbocycles. The summed E-state index contributed by atoms with van der Waals surface area (Å²) in [5, 5.41) is 10.0. The maximum Gasteiger partial charge on any atom is 0.134 e. The first-order valence-corrected chi connectivity index (χ1v) is 2.57. The van der Waals surface area contributed by atoms with Crippen LogP contribution in [0.4, 0.5) is 0 Å². The zero-order valence-electron chi connectivity index (χ0n) is 2.47. The number of nitriles is 1. The van der Waals surface area contributed by atoms with Crippen molar-refractivity contribution < 1.29 is 0 Å². The molecule has 0 rings (SSSR count). The monoisotopic (exact) mass is 104 g/mol. The largest absolute Gasteiger partial charge is 0.185 e. The van der Waals surface area contributed by atoms with Crippen molar-refractivity contribution in [1.82, 2.24) is 0 Å². The molecule has 0 atom stereocenters. The molecule has 0 spiro atoms. The minimum Gasteiger partial charge on any atom is -0.185 e. The van der Waals surface area contributed by atoms with E-state index in [9.17, 15) is 0 Å². The second-order valence-corrected chi connectivity index (χ2v) is 1.77. The first kappa shape index (κ1) is 5.19. The summed E-state index contributed by atoms with van der Waals surface area (Å²) in [5.41, 5.74) is 0. The van der Waals surface area contributed by atoms with Crippen molar-refractivity contribution in [2.75, 3.05) is 5.08 Å². The Balaban J connectivity index is 2.48. The van der Waals surface area contributed by atoms with Crippen LogP contribution in [0, 0.1) is 10.7 Å². The Labute approximate surface area is 40.8 Å². The molecule has 1 nitrogen and oxygen atoms in total. The molecule has 1 radical (unpaired) electrons. The summed E-state index contributed by atoms with van der Waals surface area (Å²) in [6.07, 6.45) is 0. The van der Waals surface area contributed by atoms with Crippen molar-refractivity contribution in [3.05, 3.63) is 0 Å². The van der Waals surface area contributed by atoms with Crippen molar-refractivity contribution in [2.24, 2.45) is 0 Å². The normalized spacial score (nSPS) is 6.40. The van der Waals surface area contributed by atoms with Gasteiger partial charge in [0.25, 0.3) is 0 Å². The van der Waals surface area contributed by atoms with Gasteiger partial charge in [-0.25, -0.2) is 0 Å². The van der Waals surface area contributed by atoms with E-state index >= 15 is 0 Å². The minimum absolute atomic E-state index is 0.483. The van der Waals surface area contributed by atoms with E-state index < -0.39 is 0 Å². The fourth-order valence-corrected chi connectivity index (χ4v) is 0.237. The van der Waals surface area contributed by atoms with Crippen LogP contribution in [0.2, 0.25) is 0 Å². The van der Waals surface area contributed by atoms with Crippen molar-refractivity contribution >= 4 is 24.4 Å². The number of thioether (sulfide) groups is 1. The minimum atomic E-state index is 0.483. The maximum atomic E-state index is 7.71. The molecule has 5 heavy (non-hydrogen) atoms. The van der Waals surface area contributed by atoms with Gasteiger partial charge >= 0.3 is 0 Å². The maximum absolute atomic E-state index is 7.71. The summed E-state index contributed by atoms with van der Waals surface area (Å²) in [5.74, 6) is 0. The van der Waals surface area contributed by atoms with Gasteiger partial charge in [-0.15, -0.1) is 0 Å². The molecule has 27 valence electrons. The molecular formula is C2H2NS2. The van der Waals surface area contributed by atoms with Crippen LogP contribution in [0.15, 0.2) is 0 Å². The summed E-state index contributed by atoms with van der Waals surface area (Å²) < 4.78 is 0. The van der Waals surface area contributed by atoms with Crippen LogP contribution in [0.5, 0.6) is 0 Å². The van der Waals surface area contributed by atoms with Crippen molar-refractivity contribution in [2.45, 2.75) is 0 Å². The summed E-state index contributed by atoms with van der Waals surface area (Å²) in [6, 6.07) is 0. The first-order chi connectivity index (χ1) is 2.41. The number of hydrogen-bond donors (Lipinski definition) is 0. The van der Waals surface area contributed by atoms with Crippen LogP contribution in [-0.4, -0.2) is 5.08 Å². The van der Waals surface area contributed by atoms with Crippen LogP contribution in [0.3, 0.4) is 0 Å². The topological polar surface area (TPSA) is 23.8 Å². The third-order valence-corrected chi connectivity index (χ3v) is 0.724. The van der Waals surface area contributed by atoms with E-state index in [1.165, 1.54) is 0 Å². The van der Waals surface area contributed by atoms with E-state index in [1.807, 2.05) is 5.40 Å². The Bertz CT molecular complexity index is 46.1. The van der Waals surface area contributed by atoms with Gasteiger partial charge < -0.3 is 0 Å². The van der Waals surface area contributed by atoms with Crippen molar-refractivity contribution in [3.63, 3.8) is 0 Å². The SMILES string of the molecule is N#CSC[S]. The van der Waals surface area contributed by atoms with Crippen LogP contribution >= 0.6 is 24.4 Å². The zero-order chi connectivity index (χ0) is 4.12. The summed E-state index contributed by atoms with van der Waals surface area (Å²) in [7, 11) is 0. The lowest BCUT2D eigenvalue weighted by Gasteiger charge is -1.63. The third kappa shape index (κ3) is 4.19. The van der Waals surface area contributed by atoms with Gasteiger partial charge in [-0.1, -0.05) is 12.6 Å². The second-order valence-electron chi connectivity index (χ2n) is 0.353. The van der Waals surface area contributed by atoms with Gasteiger partial charge in [0, 0.05) is 0 Å². The number of rotatable bonds is 1. The van der Waals surface area contributed by atoms with Crippen LogP contribution < -0.4 is 0 Å². The van der Waals surface area contributed by atoms with E-state index in [4.69, 9.17) is 5.26 Å². The molecule has 0 aromatic rings. The standard InChI is InChI=1S/C2H2NS2/c3-1-5-2-4/h2H2. The molecule has 0 fully saturated rings. The Kier molecular flexibility index (Phi) is 4.35. The fraction of sp³-hybridized carbons (Fsp3) is 0.500. The smallest absolute Gasteiger partial charge is 0.134 e. The molecule has 0 saturated heterocycles. The molecule has 0 unspecified atom stereocenters. The summed E-state index contributed by atoms with van der Waals surface area (Å²) >= 11 is 5.47. The zero-order valence-corrected chi connectivity index (χ0v) is 4.10. The van der Waals surface area contributed by atoms with Crippen LogP contribution in [0.25, 0.3) is 0 Å². The molecule has 0 aromatic heterocycles. The van der Waals surface area contributed by atoms with E-state index in [2.05, 4.69) is 12.6 Å². The van der Waals surface area contributed by atoms with Gasteiger partial charge in [-0.3, -0.25) is 0 Å². The van der Waals surface area contributed by atoms with E-state index in [0.717, 1.165) is 11.8 Å². The molecule has 0 heterocycles. The highest BCUT2D eigenvalue weighted by atomic mass is 32.2. The fourth-order valence-electron chi connectivity index (χ4n) is 0.0264. The van der Waals surface area contributed by atoms with Crippen molar-refractivity contribution in [3.8, 4) is 5.40 Å². The molecule has 0 aliphatic heterocycles. The molecule has 0 aromatic carbocycles. The van der Waals surface area contributed by atoms with E-state index in [-0.39, 0.29) is 0 Å². The predicted octanol–water partition coefficient (Wildman–Crippen LogP) is 1.36. The quantitative estimate of drug-likeness (QED) is 0.469. The molecule has 0 aliphatic carbocycles. The van der Waals surface area contributed by atoms with Gasteiger partial charge in [0.2, 0.25) is 0 Å². The van der Waals surface area contributed by atoms with E-state index in [1.54, 1.807) is 0 Å². The molecule has 3 heteroatoms. The van der Waals surface area contributed by atoms with Gasteiger partial charge in [0.1, 0.15) is 5.40 Å². The highest BCUT2D eigenvalue weighted by molar-refractivity contribution is 8.12. The number of thiocyanates is 1. The molecular weight excluding hydrogens is 102 g/mol. The second kappa shape index (κ2) is 4.19. The van der Waals surface area contributed by atoms with E-state index in [0.29, 0.717) is 5.08 Å². The lowest BCUT2D eigenvalue weighted by Crippen LogP contribution is -1.45. The number of nitrogens with zero attached hydrogens (tertiary/aromatic N) is 1. The van der Waals surface area contributed by atoms with Gasteiger partial charge in [0.15, 0.2) is 0 Å². The van der Waals surface area contributed by atoms with Gasteiger partial charge in [-0.05, 0) is 11.8 Å². The van der Waals surface area contributed by atoms with Crippen LogP contribution in [0.1, 0.15) is 0 Å². The third-order valence-electron chi connectivity index (χ3n) is 0.123. The Morgan fingerprint density at radius 3 is 2.60 bits per heavy atom. The van der Waals surface area contributed by atoms with Crippen LogP contribution in [-0.2, 0) is 0 Å². The molecule has 0 amide bonds. The lowest BCUT2D eigenvalue weighted by atomic mass is 11.8. The Morgan fingerprint density at radius 1 is 2.00 bits per heavy atom. The first-order valence-electron chi connectivity index (χ1n) is 1.01. The van der Waals surface area contributed by atoms with Crippen molar-refractivity contribution in [1.29, 1.82) is 5.26 Å². The Hall–Kier alpha value is 0.190. The average Bonchev–Trinajstić information content (AvgIpc) is 1.41. The molecule has 0 aliphatic rings. The molecule has 0 N–H and O–H groups in total. The summed E-state index contributed by atoms with van der Waals surface area (Å²) in [4.78, 5) is 0. The molecule has 0 bridgehead atoms. The Morgan fingerprint density at radius 2 is 2.60 bits per heavy atom.